The molecule has 0 aliphatic rings. The molecule has 0 fully saturated rings. The van der Waals surface area contributed by atoms with Gasteiger partial charge in [-0.15, -0.1) is 0 Å². The average molecular weight is 356 g/mol. The van der Waals surface area contributed by atoms with Crippen LogP contribution in [-0.2, 0) is 29.1 Å². The summed E-state index contributed by atoms with van der Waals surface area (Å²) in [5.74, 6) is -0.234. The number of benzene rings is 3. The van der Waals surface area contributed by atoms with Gasteiger partial charge in [0.2, 0.25) is 0 Å². The summed E-state index contributed by atoms with van der Waals surface area (Å²) in [5.41, 5.74) is 3.05. The van der Waals surface area contributed by atoms with Gasteiger partial charge in [-0.05, 0) is 21.9 Å². The Bertz CT molecular complexity index is 1050. The van der Waals surface area contributed by atoms with Gasteiger partial charge in [0.1, 0.15) is 6.61 Å². The van der Waals surface area contributed by atoms with E-state index in [1.165, 1.54) is 5.56 Å². The normalized spacial score (nSPS) is 10.8. The third-order valence-electron chi connectivity index (χ3n) is 4.49. The van der Waals surface area contributed by atoms with Gasteiger partial charge in [0.05, 0.1) is 19.2 Å². The minimum absolute atomic E-state index is 0.234. The topological polar surface area (TPSA) is 44.1 Å². The number of hydrogen-bond acceptors (Lipinski definition) is 3. The lowest BCUT2D eigenvalue weighted by Gasteiger charge is -2.07. The first-order valence-electron chi connectivity index (χ1n) is 8.95. The van der Waals surface area contributed by atoms with Crippen molar-refractivity contribution in [3.05, 3.63) is 102 Å². The van der Waals surface area contributed by atoms with Gasteiger partial charge in [-0.1, -0.05) is 72.8 Å². The summed E-state index contributed by atoms with van der Waals surface area (Å²) in [6, 6.07) is 24.2. The first-order valence-corrected chi connectivity index (χ1v) is 8.95. The Balaban J connectivity index is 1.35. The van der Waals surface area contributed by atoms with Gasteiger partial charge in [-0.3, -0.25) is 9.48 Å². The second-order valence-electron chi connectivity index (χ2n) is 6.51. The van der Waals surface area contributed by atoms with E-state index in [1.54, 1.807) is 6.20 Å². The number of carbonyl (C=O) groups is 1. The van der Waals surface area contributed by atoms with Crippen molar-refractivity contribution in [3.63, 3.8) is 0 Å². The molecule has 0 amide bonds. The quantitative estimate of drug-likeness (QED) is 0.482. The van der Waals surface area contributed by atoms with Gasteiger partial charge in [-0.25, -0.2) is 0 Å². The van der Waals surface area contributed by atoms with E-state index >= 15 is 0 Å². The number of hydrogen-bond donors (Lipinski definition) is 0. The fourth-order valence-corrected chi connectivity index (χ4v) is 3.15. The van der Waals surface area contributed by atoms with Crippen LogP contribution in [0, 0.1) is 0 Å². The minimum atomic E-state index is -0.234. The molecule has 0 saturated heterocycles. The fraction of sp³-hybridized carbons (Fsp3) is 0.130. The van der Waals surface area contributed by atoms with E-state index in [-0.39, 0.29) is 19.0 Å². The number of aromatic nitrogens is 2. The van der Waals surface area contributed by atoms with Crippen LogP contribution in [0.2, 0.25) is 0 Å². The van der Waals surface area contributed by atoms with Crippen LogP contribution in [0.4, 0.5) is 0 Å². The molecule has 0 radical (unpaired) electrons. The predicted octanol–water partition coefficient (Wildman–Crippen LogP) is 4.37. The maximum Gasteiger partial charge on any atom is 0.310 e. The van der Waals surface area contributed by atoms with Gasteiger partial charge in [0, 0.05) is 11.8 Å². The van der Waals surface area contributed by atoms with Crippen LogP contribution in [0.25, 0.3) is 10.8 Å². The van der Waals surface area contributed by atoms with Crippen LogP contribution < -0.4 is 0 Å². The maximum atomic E-state index is 12.3. The molecular weight excluding hydrogens is 336 g/mol. The summed E-state index contributed by atoms with van der Waals surface area (Å²) < 4.78 is 7.30. The van der Waals surface area contributed by atoms with E-state index in [9.17, 15) is 4.79 Å². The number of carbonyl (C=O) groups excluding carboxylic acids is 1. The Kier molecular flexibility index (Phi) is 4.97. The number of fused-ring (bicyclic) bond motifs is 1. The van der Waals surface area contributed by atoms with Gasteiger partial charge >= 0.3 is 5.97 Å². The van der Waals surface area contributed by atoms with Crippen molar-refractivity contribution < 1.29 is 9.53 Å². The lowest BCUT2D eigenvalue weighted by molar-refractivity contribution is -0.144. The third kappa shape index (κ3) is 4.23. The van der Waals surface area contributed by atoms with Crippen molar-refractivity contribution in [2.45, 2.75) is 19.6 Å². The molecule has 0 bridgehead atoms. The first-order chi connectivity index (χ1) is 13.3. The number of esters is 1. The highest BCUT2D eigenvalue weighted by Crippen LogP contribution is 2.19. The molecule has 0 aliphatic heterocycles. The highest BCUT2D eigenvalue weighted by atomic mass is 16.5. The Hall–Kier alpha value is -3.40. The van der Waals surface area contributed by atoms with Crippen LogP contribution in [0.15, 0.2) is 85.2 Å². The molecule has 3 aromatic carbocycles. The summed E-state index contributed by atoms with van der Waals surface area (Å²) in [6.07, 6.45) is 3.92. The summed E-state index contributed by atoms with van der Waals surface area (Å²) in [4.78, 5) is 12.3. The molecule has 1 aromatic heterocycles. The van der Waals surface area contributed by atoms with Crippen molar-refractivity contribution in [2.24, 2.45) is 0 Å². The number of nitrogens with zero attached hydrogens (tertiary/aromatic N) is 2. The molecule has 0 spiro atoms. The highest BCUT2D eigenvalue weighted by Gasteiger charge is 2.09. The van der Waals surface area contributed by atoms with Crippen LogP contribution in [0.1, 0.15) is 16.7 Å². The molecule has 27 heavy (non-hydrogen) atoms. The molecule has 4 nitrogen and oxygen atoms in total. The van der Waals surface area contributed by atoms with E-state index in [0.29, 0.717) is 6.54 Å². The Morgan fingerprint density at radius 1 is 0.889 bits per heavy atom. The molecule has 134 valence electrons. The fourth-order valence-electron chi connectivity index (χ4n) is 3.15. The van der Waals surface area contributed by atoms with E-state index in [0.717, 1.165) is 21.9 Å². The van der Waals surface area contributed by atoms with Crippen molar-refractivity contribution in [1.82, 2.24) is 9.78 Å². The lowest BCUT2D eigenvalue weighted by atomic mass is 10.0. The molecule has 0 N–H and O–H groups in total. The van der Waals surface area contributed by atoms with E-state index in [4.69, 9.17) is 4.74 Å². The Morgan fingerprint density at radius 2 is 1.67 bits per heavy atom. The third-order valence-corrected chi connectivity index (χ3v) is 4.49. The molecule has 0 unspecified atom stereocenters. The zero-order valence-corrected chi connectivity index (χ0v) is 14.9. The van der Waals surface area contributed by atoms with Crippen molar-refractivity contribution in [1.29, 1.82) is 0 Å². The van der Waals surface area contributed by atoms with E-state index in [1.807, 2.05) is 71.5 Å². The summed E-state index contributed by atoms with van der Waals surface area (Å²) in [5, 5.41) is 6.56. The molecule has 0 saturated carbocycles. The smallest absolute Gasteiger partial charge is 0.310 e. The number of rotatable bonds is 6. The average Bonchev–Trinajstić information content (AvgIpc) is 3.15. The molecule has 4 aromatic rings. The van der Waals surface area contributed by atoms with Crippen LogP contribution in [0.5, 0.6) is 0 Å². The summed E-state index contributed by atoms with van der Waals surface area (Å²) >= 11 is 0. The maximum absolute atomic E-state index is 12.3. The predicted molar refractivity (Wildman–Crippen MR) is 105 cm³/mol. The zero-order chi connectivity index (χ0) is 18.5. The summed E-state index contributed by atoms with van der Waals surface area (Å²) in [6.45, 7) is 0.934. The largest absolute Gasteiger partial charge is 0.460 e. The van der Waals surface area contributed by atoms with Gasteiger partial charge < -0.3 is 4.74 Å². The van der Waals surface area contributed by atoms with Crippen LogP contribution in [0.3, 0.4) is 0 Å². The standard InChI is InChI=1S/C23H20N2O2/c26-23(13-21-11-6-10-20-9-4-5-12-22(20)21)27-17-19-14-24-25(16-19)15-18-7-2-1-3-8-18/h1-12,14,16H,13,15,17H2. The molecule has 1 heterocycles. The molecule has 0 aliphatic carbocycles. The molecule has 0 atom stereocenters. The highest BCUT2D eigenvalue weighted by molar-refractivity contribution is 5.88. The first kappa shape index (κ1) is 17.0. The molecular formula is C23H20N2O2. The number of ether oxygens (including phenoxy) is 1. The van der Waals surface area contributed by atoms with Gasteiger partial charge in [0.25, 0.3) is 0 Å². The molecule has 4 heteroatoms. The lowest BCUT2D eigenvalue weighted by Crippen LogP contribution is -2.08. The summed E-state index contributed by atoms with van der Waals surface area (Å²) in [7, 11) is 0. The molecule has 4 rings (SSSR count). The van der Waals surface area contributed by atoms with Crippen LogP contribution in [-0.4, -0.2) is 15.7 Å². The Morgan fingerprint density at radius 3 is 2.56 bits per heavy atom. The minimum Gasteiger partial charge on any atom is -0.460 e. The second-order valence-corrected chi connectivity index (χ2v) is 6.51. The second kappa shape index (κ2) is 7.87. The van der Waals surface area contributed by atoms with E-state index < -0.39 is 0 Å². The van der Waals surface area contributed by atoms with Gasteiger partial charge in [0.15, 0.2) is 0 Å². The zero-order valence-electron chi connectivity index (χ0n) is 14.9. The van der Waals surface area contributed by atoms with Crippen LogP contribution >= 0.6 is 0 Å². The monoisotopic (exact) mass is 356 g/mol. The van der Waals surface area contributed by atoms with Gasteiger partial charge in [-0.2, -0.15) is 5.10 Å². The van der Waals surface area contributed by atoms with Crippen molar-refractivity contribution in [3.8, 4) is 0 Å². The van der Waals surface area contributed by atoms with Crippen molar-refractivity contribution in [2.75, 3.05) is 0 Å². The SMILES string of the molecule is O=C(Cc1cccc2ccccc12)OCc1cnn(Cc2ccccc2)c1. The Labute approximate surface area is 158 Å². The van der Waals surface area contributed by atoms with E-state index in [2.05, 4.69) is 17.2 Å². The van der Waals surface area contributed by atoms with Crippen molar-refractivity contribution >= 4 is 16.7 Å².